The van der Waals surface area contributed by atoms with E-state index < -0.39 is 0 Å². The van der Waals surface area contributed by atoms with Gasteiger partial charge in [-0.3, -0.25) is 20.2 Å². The Morgan fingerprint density at radius 3 is 2.71 bits per heavy atom. The van der Waals surface area contributed by atoms with Crippen molar-refractivity contribution < 1.29 is 4.79 Å². The van der Waals surface area contributed by atoms with Crippen LogP contribution in [0.1, 0.15) is 5.56 Å². The fourth-order valence-corrected chi connectivity index (χ4v) is 1.40. The molecule has 4 nitrogen and oxygen atoms in total. The quantitative estimate of drug-likeness (QED) is 0.695. The van der Waals surface area contributed by atoms with Crippen molar-refractivity contribution in [2.45, 2.75) is 0 Å². The Labute approximate surface area is 82.2 Å². The first-order valence-electron chi connectivity index (χ1n) is 4.40. The van der Waals surface area contributed by atoms with Gasteiger partial charge >= 0.3 is 0 Å². The summed E-state index contributed by atoms with van der Waals surface area (Å²) in [7, 11) is 1.78. The zero-order chi connectivity index (χ0) is 9.97. The minimum absolute atomic E-state index is 0.0767. The van der Waals surface area contributed by atoms with Gasteiger partial charge in [0.1, 0.15) is 12.4 Å². The van der Waals surface area contributed by atoms with Crippen LogP contribution in [0, 0.1) is 0 Å². The van der Waals surface area contributed by atoms with E-state index in [0.29, 0.717) is 0 Å². The van der Waals surface area contributed by atoms with Gasteiger partial charge in [0.15, 0.2) is 0 Å². The summed E-state index contributed by atoms with van der Waals surface area (Å²) >= 11 is 0. The molecule has 4 heteroatoms. The number of amidine groups is 1. The minimum Gasteiger partial charge on any atom is -0.271 e. The van der Waals surface area contributed by atoms with Crippen LogP contribution < -0.4 is 5.43 Å². The third-order valence-electron chi connectivity index (χ3n) is 2.01. The lowest BCUT2D eigenvalue weighted by atomic mass is 10.2. The molecule has 0 aliphatic carbocycles. The Morgan fingerprint density at radius 1 is 1.36 bits per heavy atom. The van der Waals surface area contributed by atoms with Gasteiger partial charge in [0, 0.05) is 12.6 Å². The Morgan fingerprint density at radius 2 is 2.07 bits per heavy atom. The molecule has 1 aromatic rings. The molecule has 1 aromatic carbocycles. The highest BCUT2D eigenvalue weighted by molar-refractivity contribution is 6.02. The van der Waals surface area contributed by atoms with Crippen LogP contribution in [0.5, 0.6) is 0 Å². The standard InChI is InChI=1S/C10H11N3O/c1-13-10(11-7-9(14)12-13)8-5-3-2-4-6-8/h2-6H,7H2,1H3,(H,12,14). The molecule has 0 fully saturated rings. The molecular weight excluding hydrogens is 178 g/mol. The number of nitrogens with one attached hydrogen (secondary N) is 1. The predicted molar refractivity (Wildman–Crippen MR) is 53.8 cm³/mol. The first-order chi connectivity index (χ1) is 6.77. The van der Waals surface area contributed by atoms with E-state index in [9.17, 15) is 4.79 Å². The molecule has 0 saturated heterocycles. The number of hydrogen-bond acceptors (Lipinski definition) is 3. The van der Waals surface area contributed by atoms with Crippen LogP contribution in [0.15, 0.2) is 35.3 Å². The molecule has 0 unspecified atom stereocenters. The van der Waals surface area contributed by atoms with E-state index in [1.807, 2.05) is 30.3 Å². The fraction of sp³-hybridized carbons (Fsp3) is 0.200. The molecule has 2 rings (SSSR count). The Balaban J connectivity index is 2.31. The number of nitrogens with zero attached hydrogens (tertiary/aromatic N) is 2. The topological polar surface area (TPSA) is 44.7 Å². The highest BCUT2D eigenvalue weighted by atomic mass is 16.2. The van der Waals surface area contributed by atoms with Crippen molar-refractivity contribution in [3.05, 3.63) is 35.9 Å². The number of benzene rings is 1. The zero-order valence-electron chi connectivity index (χ0n) is 7.90. The molecule has 1 aliphatic rings. The summed E-state index contributed by atoms with van der Waals surface area (Å²) in [4.78, 5) is 15.2. The van der Waals surface area contributed by atoms with Crippen LogP contribution in [0.2, 0.25) is 0 Å². The van der Waals surface area contributed by atoms with Crippen molar-refractivity contribution in [2.24, 2.45) is 4.99 Å². The summed E-state index contributed by atoms with van der Waals surface area (Å²) in [5.41, 5.74) is 3.70. The highest BCUT2D eigenvalue weighted by Crippen LogP contribution is 2.05. The molecule has 0 aromatic heterocycles. The van der Waals surface area contributed by atoms with Crippen LogP contribution in [0.25, 0.3) is 0 Å². The number of rotatable bonds is 1. The first-order valence-corrected chi connectivity index (χ1v) is 4.40. The maximum atomic E-state index is 11.0. The molecule has 0 spiro atoms. The van der Waals surface area contributed by atoms with Crippen molar-refractivity contribution in [1.29, 1.82) is 0 Å². The Bertz CT molecular complexity index is 372. The molecule has 1 N–H and O–H groups in total. The van der Waals surface area contributed by atoms with Crippen LogP contribution in [-0.2, 0) is 4.79 Å². The molecule has 1 amide bonds. The molecule has 72 valence electrons. The molecule has 0 radical (unpaired) electrons. The fourth-order valence-electron chi connectivity index (χ4n) is 1.40. The number of carbonyl (C=O) groups excluding carboxylic acids is 1. The highest BCUT2D eigenvalue weighted by Gasteiger charge is 2.16. The van der Waals surface area contributed by atoms with Gasteiger partial charge in [-0.05, 0) is 0 Å². The second-order valence-corrected chi connectivity index (χ2v) is 3.10. The summed E-state index contributed by atoms with van der Waals surface area (Å²) in [6.45, 7) is 0.203. The van der Waals surface area contributed by atoms with Gasteiger partial charge in [-0.25, -0.2) is 0 Å². The summed E-state index contributed by atoms with van der Waals surface area (Å²) < 4.78 is 0. The first kappa shape index (κ1) is 8.74. The van der Waals surface area contributed by atoms with Gasteiger partial charge in [0.2, 0.25) is 0 Å². The lowest BCUT2D eigenvalue weighted by Crippen LogP contribution is -2.48. The van der Waals surface area contributed by atoms with Crippen molar-refractivity contribution in [3.63, 3.8) is 0 Å². The number of carbonyl (C=O) groups is 1. The third-order valence-corrected chi connectivity index (χ3v) is 2.01. The predicted octanol–water partition coefficient (Wildman–Crippen LogP) is 0.410. The van der Waals surface area contributed by atoms with E-state index in [1.165, 1.54) is 0 Å². The second-order valence-electron chi connectivity index (χ2n) is 3.10. The maximum Gasteiger partial charge on any atom is 0.260 e. The summed E-state index contributed by atoms with van der Waals surface area (Å²) in [5, 5.41) is 1.64. The summed E-state index contributed by atoms with van der Waals surface area (Å²) in [5.74, 6) is 0.720. The van der Waals surface area contributed by atoms with E-state index in [0.717, 1.165) is 11.4 Å². The summed E-state index contributed by atoms with van der Waals surface area (Å²) in [6.07, 6.45) is 0. The lowest BCUT2D eigenvalue weighted by Gasteiger charge is -2.25. The van der Waals surface area contributed by atoms with Gasteiger partial charge in [0.25, 0.3) is 5.91 Å². The van der Waals surface area contributed by atoms with Gasteiger partial charge in [-0.15, -0.1) is 0 Å². The Kier molecular flexibility index (Phi) is 2.18. The zero-order valence-corrected chi connectivity index (χ0v) is 7.90. The van der Waals surface area contributed by atoms with Crippen LogP contribution in [0.4, 0.5) is 0 Å². The monoisotopic (exact) mass is 189 g/mol. The molecular formula is C10H11N3O. The van der Waals surface area contributed by atoms with E-state index in [2.05, 4.69) is 10.4 Å². The Hall–Kier alpha value is -1.84. The molecule has 0 atom stereocenters. The molecule has 1 heterocycles. The van der Waals surface area contributed by atoms with Crippen molar-refractivity contribution in [2.75, 3.05) is 13.6 Å². The van der Waals surface area contributed by atoms with E-state index in [4.69, 9.17) is 0 Å². The molecule has 0 bridgehead atoms. The number of hydrogen-bond donors (Lipinski definition) is 1. The number of hydrazine groups is 1. The normalized spacial score (nSPS) is 16.2. The third kappa shape index (κ3) is 1.59. The molecule has 1 aliphatic heterocycles. The molecule has 14 heavy (non-hydrogen) atoms. The van der Waals surface area contributed by atoms with Crippen molar-refractivity contribution >= 4 is 11.7 Å². The lowest BCUT2D eigenvalue weighted by molar-refractivity contribution is -0.123. The van der Waals surface area contributed by atoms with E-state index in [1.54, 1.807) is 12.1 Å². The van der Waals surface area contributed by atoms with Gasteiger partial charge in [-0.1, -0.05) is 30.3 Å². The van der Waals surface area contributed by atoms with Gasteiger partial charge < -0.3 is 0 Å². The average molecular weight is 189 g/mol. The van der Waals surface area contributed by atoms with E-state index in [-0.39, 0.29) is 12.5 Å². The maximum absolute atomic E-state index is 11.0. The SMILES string of the molecule is CN1NC(=O)CN=C1c1ccccc1. The summed E-state index contributed by atoms with van der Waals surface area (Å²) in [6, 6.07) is 9.77. The molecule has 0 saturated carbocycles. The van der Waals surface area contributed by atoms with E-state index >= 15 is 0 Å². The smallest absolute Gasteiger partial charge is 0.260 e. The van der Waals surface area contributed by atoms with Crippen LogP contribution >= 0.6 is 0 Å². The number of aliphatic imine (C=N–C) groups is 1. The van der Waals surface area contributed by atoms with Gasteiger partial charge in [0.05, 0.1) is 0 Å². The minimum atomic E-state index is -0.0767. The van der Waals surface area contributed by atoms with Crippen molar-refractivity contribution in [3.8, 4) is 0 Å². The number of amides is 1. The van der Waals surface area contributed by atoms with Crippen LogP contribution in [0.3, 0.4) is 0 Å². The average Bonchev–Trinajstić information content (AvgIpc) is 2.19. The largest absolute Gasteiger partial charge is 0.271 e. The second kappa shape index (κ2) is 3.49. The van der Waals surface area contributed by atoms with Crippen LogP contribution in [-0.4, -0.2) is 30.3 Å². The van der Waals surface area contributed by atoms with Crippen molar-refractivity contribution in [1.82, 2.24) is 10.4 Å². The van der Waals surface area contributed by atoms with Gasteiger partial charge in [-0.2, -0.15) is 0 Å².